The molecular weight excluding hydrogens is 290 g/mol. The molecule has 0 saturated heterocycles. The summed E-state index contributed by atoms with van der Waals surface area (Å²) in [5.41, 5.74) is 1.12. The summed E-state index contributed by atoms with van der Waals surface area (Å²) >= 11 is 7.92. The summed E-state index contributed by atoms with van der Waals surface area (Å²) in [7, 11) is 2.05. The fourth-order valence-corrected chi connectivity index (χ4v) is 2.93. The summed E-state index contributed by atoms with van der Waals surface area (Å²) in [6.07, 6.45) is 3.10. The van der Waals surface area contributed by atoms with E-state index >= 15 is 0 Å². The average molecular weight is 310 g/mol. The van der Waals surface area contributed by atoms with Gasteiger partial charge >= 0.3 is 0 Å². The lowest BCUT2D eigenvalue weighted by atomic mass is 10.2. The lowest BCUT2D eigenvalue weighted by molar-refractivity contribution is 0.681. The molecule has 0 atom stereocenters. The standard InChI is InChI=1S/C15H20ClN3S/c1-3-8-17-9-13-10-18-15(20-13)19(2)11-12-6-4-5-7-14(12)16/h4-7,10,17H,3,8-9,11H2,1-2H3. The van der Waals surface area contributed by atoms with Crippen LogP contribution in [0.25, 0.3) is 0 Å². The van der Waals surface area contributed by atoms with E-state index in [2.05, 4.69) is 28.2 Å². The molecule has 0 amide bonds. The van der Waals surface area contributed by atoms with E-state index in [4.69, 9.17) is 11.6 Å². The normalized spacial score (nSPS) is 10.8. The Morgan fingerprint density at radius 2 is 2.15 bits per heavy atom. The van der Waals surface area contributed by atoms with Gasteiger partial charge < -0.3 is 10.2 Å². The first kappa shape index (κ1) is 15.3. The third-order valence-corrected chi connectivity index (χ3v) is 4.44. The quantitative estimate of drug-likeness (QED) is 0.785. The number of hydrogen-bond acceptors (Lipinski definition) is 4. The van der Waals surface area contributed by atoms with E-state index in [0.29, 0.717) is 0 Å². The molecule has 2 aromatic rings. The van der Waals surface area contributed by atoms with Gasteiger partial charge in [0.25, 0.3) is 0 Å². The maximum atomic E-state index is 6.19. The van der Waals surface area contributed by atoms with E-state index in [9.17, 15) is 0 Å². The number of hydrogen-bond donors (Lipinski definition) is 1. The highest BCUT2D eigenvalue weighted by Crippen LogP contribution is 2.24. The second-order valence-corrected chi connectivity index (χ2v) is 6.23. The van der Waals surface area contributed by atoms with Gasteiger partial charge in [-0.3, -0.25) is 0 Å². The Labute approximate surface area is 129 Å². The minimum atomic E-state index is 0.773. The Morgan fingerprint density at radius 1 is 1.35 bits per heavy atom. The molecule has 5 heteroatoms. The largest absolute Gasteiger partial charge is 0.347 e. The molecule has 0 aliphatic heterocycles. The second kappa shape index (κ2) is 7.62. The van der Waals surface area contributed by atoms with Crippen LogP contribution in [0.3, 0.4) is 0 Å². The first-order valence-electron chi connectivity index (χ1n) is 6.80. The average Bonchev–Trinajstić information content (AvgIpc) is 2.91. The monoisotopic (exact) mass is 309 g/mol. The highest BCUT2D eigenvalue weighted by molar-refractivity contribution is 7.15. The molecule has 2 rings (SSSR count). The molecule has 108 valence electrons. The molecule has 1 aromatic heterocycles. The van der Waals surface area contributed by atoms with Crippen molar-refractivity contribution in [1.29, 1.82) is 0 Å². The maximum absolute atomic E-state index is 6.19. The Balaban J connectivity index is 1.96. The van der Waals surface area contributed by atoms with Gasteiger partial charge in [-0.15, -0.1) is 11.3 Å². The third kappa shape index (κ3) is 4.20. The van der Waals surface area contributed by atoms with Crippen LogP contribution in [0.15, 0.2) is 30.5 Å². The van der Waals surface area contributed by atoms with Gasteiger partial charge in [-0.2, -0.15) is 0 Å². The Hall–Kier alpha value is -1.10. The fraction of sp³-hybridized carbons (Fsp3) is 0.400. The Morgan fingerprint density at radius 3 is 2.90 bits per heavy atom. The van der Waals surface area contributed by atoms with E-state index in [-0.39, 0.29) is 0 Å². The first-order valence-corrected chi connectivity index (χ1v) is 8.00. The van der Waals surface area contributed by atoms with E-state index in [1.807, 2.05) is 31.4 Å². The van der Waals surface area contributed by atoms with Crippen LogP contribution in [0, 0.1) is 0 Å². The van der Waals surface area contributed by atoms with Crippen molar-refractivity contribution in [2.75, 3.05) is 18.5 Å². The molecule has 20 heavy (non-hydrogen) atoms. The topological polar surface area (TPSA) is 28.2 Å². The molecular formula is C15H20ClN3S. The fourth-order valence-electron chi connectivity index (χ4n) is 1.89. The third-order valence-electron chi connectivity index (χ3n) is 2.96. The van der Waals surface area contributed by atoms with E-state index in [1.54, 1.807) is 11.3 Å². The van der Waals surface area contributed by atoms with Crippen LogP contribution in [-0.4, -0.2) is 18.6 Å². The van der Waals surface area contributed by atoms with Gasteiger partial charge in [0.1, 0.15) is 0 Å². The van der Waals surface area contributed by atoms with Crippen molar-refractivity contribution < 1.29 is 0 Å². The van der Waals surface area contributed by atoms with E-state index in [1.165, 1.54) is 4.88 Å². The summed E-state index contributed by atoms with van der Waals surface area (Å²) in [4.78, 5) is 7.88. The molecule has 0 fully saturated rings. The van der Waals surface area contributed by atoms with Gasteiger partial charge in [0.15, 0.2) is 5.13 Å². The summed E-state index contributed by atoms with van der Waals surface area (Å²) < 4.78 is 0. The van der Waals surface area contributed by atoms with Crippen molar-refractivity contribution in [3.05, 3.63) is 45.9 Å². The number of anilines is 1. The molecule has 1 aromatic carbocycles. The van der Waals surface area contributed by atoms with Crippen LogP contribution in [0.4, 0.5) is 5.13 Å². The van der Waals surface area contributed by atoms with Crippen LogP contribution in [0.5, 0.6) is 0 Å². The molecule has 0 bridgehead atoms. The molecule has 0 saturated carbocycles. The van der Waals surface area contributed by atoms with E-state index < -0.39 is 0 Å². The van der Waals surface area contributed by atoms with Crippen LogP contribution in [-0.2, 0) is 13.1 Å². The predicted octanol–water partition coefficient (Wildman–Crippen LogP) is 3.93. The number of aromatic nitrogens is 1. The molecule has 3 nitrogen and oxygen atoms in total. The van der Waals surface area contributed by atoms with Crippen molar-refractivity contribution in [3.63, 3.8) is 0 Å². The first-order chi connectivity index (χ1) is 9.70. The van der Waals surface area contributed by atoms with Gasteiger partial charge in [0.2, 0.25) is 0 Å². The molecule has 0 radical (unpaired) electrons. The Kier molecular flexibility index (Phi) is 5.83. The number of nitrogens with one attached hydrogen (secondary N) is 1. The minimum absolute atomic E-state index is 0.773. The molecule has 0 spiro atoms. The molecule has 0 unspecified atom stereocenters. The zero-order valence-electron chi connectivity index (χ0n) is 11.9. The van der Waals surface area contributed by atoms with Crippen molar-refractivity contribution in [2.45, 2.75) is 26.4 Å². The lowest BCUT2D eigenvalue weighted by Crippen LogP contribution is -2.16. The van der Waals surface area contributed by atoms with Crippen molar-refractivity contribution >= 4 is 28.1 Å². The number of nitrogens with zero attached hydrogens (tertiary/aromatic N) is 2. The number of rotatable bonds is 7. The highest BCUT2D eigenvalue weighted by Gasteiger charge is 2.09. The number of halogens is 1. The smallest absolute Gasteiger partial charge is 0.185 e. The van der Waals surface area contributed by atoms with Gasteiger partial charge in [-0.1, -0.05) is 36.7 Å². The Bertz CT molecular complexity index is 541. The second-order valence-electron chi connectivity index (χ2n) is 4.73. The lowest BCUT2D eigenvalue weighted by Gasteiger charge is -2.16. The van der Waals surface area contributed by atoms with Crippen LogP contribution in [0.2, 0.25) is 5.02 Å². The predicted molar refractivity (Wildman–Crippen MR) is 87.7 cm³/mol. The number of benzene rings is 1. The van der Waals surface area contributed by atoms with Gasteiger partial charge in [0.05, 0.1) is 0 Å². The van der Waals surface area contributed by atoms with Crippen molar-refractivity contribution in [2.24, 2.45) is 0 Å². The molecule has 1 heterocycles. The van der Waals surface area contributed by atoms with Gasteiger partial charge in [0, 0.05) is 36.2 Å². The highest BCUT2D eigenvalue weighted by atomic mass is 35.5. The molecule has 0 aliphatic carbocycles. The van der Waals surface area contributed by atoms with Crippen LogP contribution < -0.4 is 10.2 Å². The minimum Gasteiger partial charge on any atom is -0.347 e. The number of thiazole rings is 1. The molecule has 0 aliphatic rings. The zero-order chi connectivity index (χ0) is 14.4. The van der Waals surface area contributed by atoms with Gasteiger partial charge in [-0.05, 0) is 24.6 Å². The molecule has 1 N–H and O–H groups in total. The summed E-state index contributed by atoms with van der Waals surface area (Å²) in [5, 5.41) is 5.23. The van der Waals surface area contributed by atoms with Crippen LogP contribution >= 0.6 is 22.9 Å². The van der Waals surface area contributed by atoms with Crippen molar-refractivity contribution in [1.82, 2.24) is 10.3 Å². The summed E-state index contributed by atoms with van der Waals surface area (Å²) in [5.74, 6) is 0. The maximum Gasteiger partial charge on any atom is 0.185 e. The van der Waals surface area contributed by atoms with E-state index in [0.717, 1.165) is 41.8 Å². The summed E-state index contributed by atoms with van der Waals surface area (Å²) in [6, 6.07) is 7.94. The van der Waals surface area contributed by atoms with Gasteiger partial charge in [-0.25, -0.2) is 4.98 Å². The summed E-state index contributed by atoms with van der Waals surface area (Å²) in [6.45, 7) is 4.88. The van der Waals surface area contributed by atoms with Crippen molar-refractivity contribution in [3.8, 4) is 0 Å². The van der Waals surface area contributed by atoms with Crippen LogP contribution in [0.1, 0.15) is 23.8 Å². The zero-order valence-corrected chi connectivity index (χ0v) is 13.5. The SMILES string of the molecule is CCCNCc1cnc(N(C)Cc2ccccc2Cl)s1.